The van der Waals surface area contributed by atoms with Crippen LogP contribution in [0, 0.1) is 0 Å². The van der Waals surface area contributed by atoms with E-state index in [0.717, 1.165) is 16.5 Å². The minimum Gasteiger partial charge on any atom is -0.480 e. The molecule has 0 aliphatic carbocycles. The van der Waals surface area contributed by atoms with Crippen LogP contribution in [0.4, 0.5) is 5.69 Å². The molecule has 0 atom stereocenters. The van der Waals surface area contributed by atoms with E-state index in [-0.39, 0.29) is 12.5 Å². The molecule has 0 fully saturated rings. The second kappa shape index (κ2) is 8.63. The van der Waals surface area contributed by atoms with Gasteiger partial charge in [-0.1, -0.05) is 55.1 Å². The number of hydrogen-bond donors (Lipinski definition) is 2. The number of carbonyl (C=O) groups is 2. The summed E-state index contributed by atoms with van der Waals surface area (Å²) in [5, 5.41) is 13.3. The van der Waals surface area contributed by atoms with Crippen molar-refractivity contribution in [3.05, 3.63) is 96.2 Å². The lowest BCUT2D eigenvalue weighted by Crippen LogP contribution is -2.12. The standard InChI is InChI=1S/C23H19ClN2O3/c1-3-7-15(4-2)21-13-16-12-17(10-11-20(16)26(21)14-22(27)28)25-23(29)18-8-5-6-9-19(18)24/h3-13H,1-2,14H2,(H,25,29)(H,27,28)/b15-7+. The number of hydrogen-bond acceptors (Lipinski definition) is 2. The van der Waals surface area contributed by atoms with E-state index >= 15 is 0 Å². The number of nitrogens with zero attached hydrogens (tertiary/aromatic N) is 1. The topological polar surface area (TPSA) is 71.3 Å². The maximum absolute atomic E-state index is 12.5. The van der Waals surface area contributed by atoms with Gasteiger partial charge in [0.25, 0.3) is 5.91 Å². The number of allylic oxidation sites excluding steroid dienone is 4. The van der Waals surface area contributed by atoms with Crippen molar-refractivity contribution in [2.24, 2.45) is 0 Å². The van der Waals surface area contributed by atoms with E-state index in [1.807, 2.05) is 6.07 Å². The fourth-order valence-corrected chi connectivity index (χ4v) is 3.34. The van der Waals surface area contributed by atoms with Crippen molar-refractivity contribution in [1.29, 1.82) is 0 Å². The monoisotopic (exact) mass is 406 g/mol. The first-order chi connectivity index (χ1) is 13.9. The number of fused-ring (bicyclic) bond motifs is 1. The second-order valence-corrected chi connectivity index (χ2v) is 6.69. The van der Waals surface area contributed by atoms with Gasteiger partial charge in [-0.15, -0.1) is 0 Å². The molecule has 2 N–H and O–H groups in total. The fourth-order valence-electron chi connectivity index (χ4n) is 3.12. The van der Waals surface area contributed by atoms with Crippen molar-refractivity contribution < 1.29 is 14.7 Å². The lowest BCUT2D eigenvalue weighted by atomic mass is 10.1. The first-order valence-electron chi connectivity index (χ1n) is 8.81. The maximum Gasteiger partial charge on any atom is 0.323 e. The highest BCUT2D eigenvalue weighted by atomic mass is 35.5. The van der Waals surface area contributed by atoms with Gasteiger partial charge in [0.2, 0.25) is 0 Å². The molecule has 2 aromatic carbocycles. The second-order valence-electron chi connectivity index (χ2n) is 6.28. The zero-order valence-corrected chi connectivity index (χ0v) is 16.3. The molecule has 0 radical (unpaired) electrons. The van der Waals surface area contributed by atoms with E-state index in [4.69, 9.17) is 11.6 Å². The van der Waals surface area contributed by atoms with Crippen LogP contribution in [-0.4, -0.2) is 21.6 Å². The number of amides is 1. The molecule has 0 saturated carbocycles. The number of nitrogens with one attached hydrogen (secondary N) is 1. The molecule has 3 aromatic rings. The Hall–Kier alpha value is -3.57. The van der Waals surface area contributed by atoms with Crippen LogP contribution in [0.25, 0.3) is 16.5 Å². The molecule has 1 aromatic heterocycles. The van der Waals surface area contributed by atoms with Gasteiger partial charge in [0, 0.05) is 22.3 Å². The van der Waals surface area contributed by atoms with E-state index in [2.05, 4.69) is 18.5 Å². The van der Waals surface area contributed by atoms with Gasteiger partial charge in [-0.05, 0) is 42.0 Å². The van der Waals surface area contributed by atoms with E-state index in [9.17, 15) is 14.7 Å². The van der Waals surface area contributed by atoms with Crippen LogP contribution < -0.4 is 5.32 Å². The number of rotatable bonds is 7. The molecular formula is C23H19ClN2O3. The third-order valence-corrected chi connectivity index (χ3v) is 4.71. The Balaban J connectivity index is 2.03. The largest absolute Gasteiger partial charge is 0.480 e. The van der Waals surface area contributed by atoms with Crippen LogP contribution in [0.2, 0.25) is 5.02 Å². The average molecular weight is 407 g/mol. The van der Waals surface area contributed by atoms with Crippen LogP contribution in [0.5, 0.6) is 0 Å². The van der Waals surface area contributed by atoms with Crippen molar-refractivity contribution >= 4 is 45.6 Å². The van der Waals surface area contributed by atoms with Crippen molar-refractivity contribution in [3.63, 3.8) is 0 Å². The summed E-state index contributed by atoms with van der Waals surface area (Å²) in [6.07, 6.45) is 5.03. The van der Waals surface area contributed by atoms with Crippen molar-refractivity contribution in [2.45, 2.75) is 6.54 Å². The molecule has 0 bridgehead atoms. The number of carboxylic acids is 1. The Morgan fingerprint density at radius 1 is 1.14 bits per heavy atom. The van der Waals surface area contributed by atoms with Gasteiger partial charge in [-0.3, -0.25) is 9.59 Å². The third kappa shape index (κ3) is 4.31. The van der Waals surface area contributed by atoms with Crippen molar-refractivity contribution in [2.75, 3.05) is 5.32 Å². The summed E-state index contributed by atoms with van der Waals surface area (Å²) in [4.78, 5) is 23.9. The van der Waals surface area contributed by atoms with Gasteiger partial charge in [-0.25, -0.2) is 0 Å². The summed E-state index contributed by atoms with van der Waals surface area (Å²) in [6, 6.07) is 14.0. The number of halogens is 1. The highest BCUT2D eigenvalue weighted by Crippen LogP contribution is 2.29. The van der Waals surface area contributed by atoms with Gasteiger partial charge >= 0.3 is 5.97 Å². The summed E-state index contributed by atoms with van der Waals surface area (Å²) in [5.41, 5.74) is 3.14. The molecule has 1 amide bonds. The number of aliphatic carboxylic acids is 1. The Labute approximate surface area is 173 Å². The zero-order chi connectivity index (χ0) is 21.0. The Kier molecular flexibility index (Phi) is 6.00. The number of carboxylic acid groups (broad SMARTS) is 1. The number of aromatic nitrogens is 1. The van der Waals surface area contributed by atoms with Crippen molar-refractivity contribution in [3.8, 4) is 0 Å². The lowest BCUT2D eigenvalue weighted by Gasteiger charge is -2.10. The number of anilines is 1. The minimum atomic E-state index is -0.957. The number of carbonyl (C=O) groups excluding carboxylic acids is 1. The quantitative estimate of drug-likeness (QED) is 0.517. The normalized spacial score (nSPS) is 11.3. The van der Waals surface area contributed by atoms with E-state index < -0.39 is 5.97 Å². The van der Waals surface area contributed by atoms with Crippen molar-refractivity contribution in [1.82, 2.24) is 4.57 Å². The summed E-state index contributed by atoms with van der Waals surface area (Å²) >= 11 is 6.09. The van der Waals surface area contributed by atoms with Crippen LogP contribution in [-0.2, 0) is 11.3 Å². The highest BCUT2D eigenvalue weighted by Gasteiger charge is 2.15. The molecule has 0 saturated heterocycles. The predicted octanol–water partition coefficient (Wildman–Crippen LogP) is 5.39. The van der Waals surface area contributed by atoms with Gasteiger partial charge < -0.3 is 15.0 Å². The van der Waals surface area contributed by atoms with E-state index in [0.29, 0.717) is 22.0 Å². The molecule has 0 aliphatic rings. The molecule has 1 heterocycles. The summed E-state index contributed by atoms with van der Waals surface area (Å²) < 4.78 is 1.69. The molecule has 0 aliphatic heterocycles. The van der Waals surface area contributed by atoms with Crippen LogP contribution in [0.3, 0.4) is 0 Å². The Bertz CT molecular complexity index is 1160. The molecule has 5 nitrogen and oxygen atoms in total. The summed E-state index contributed by atoms with van der Waals surface area (Å²) in [5.74, 6) is -1.28. The highest BCUT2D eigenvalue weighted by molar-refractivity contribution is 6.34. The lowest BCUT2D eigenvalue weighted by molar-refractivity contribution is -0.137. The first kappa shape index (κ1) is 20.2. The molecule has 0 spiro atoms. The Morgan fingerprint density at radius 2 is 1.90 bits per heavy atom. The zero-order valence-electron chi connectivity index (χ0n) is 15.6. The van der Waals surface area contributed by atoms with Gasteiger partial charge in [-0.2, -0.15) is 0 Å². The molecule has 3 rings (SSSR count). The average Bonchev–Trinajstić information content (AvgIpc) is 3.03. The number of benzene rings is 2. The molecule has 29 heavy (non-hydrogen) atoms. The Morgan fingerprint density at radius 3 is 2.55 bits per heavy atom. The van der Waals surface area contributed by atoms with Gasteiger partial charge in [0.1, 0.15) is 6.54 Å². The summed E-state index contributed by atoms with van der Waals surface area (Å²) in [7, 11) is 0. The molecule has 6 heteroatoms. The van der Waals surface area contributed by atoms with E-state index in [1.165, 1.54) is 0 Å². The van der Waals surface area contributed by atoms with Gasteiger partial charge in [0.15, 0.2) is 0 Å². The van der Waals surface area contributed by atoms with Gasteiger partial charge in [0.05, 0.1) is 10.6 Å². The summed E-state index contributed by atoms with van der Waals surface area (Å²) in [6.45, 7) is 7.29. The first-order valence-corrected chi connectivity index (χ1v) is 9.19. The smallest absolute Gasteiger partial charge is 0.323 e. The van der Waals surface area contributed by atoms with Crippen LogP contribution in [0.15, 0.2) is 79.9 Å². The van der Waals surface area contributed by atoms with Crippen LogP contribution >= 0.6 is 11.6 Å². The fraction of sp³-hybridized carbons (Fsp3) is 0.0435. The SMILES string of the molecule is C=C/C=C(\C=C)c1cc2cc(NC(=O)c3ccccc3Cl)ccc2n1CC(=O)O. The molecule has 0 unspecified atom stereocenters. The molecular weight excluding hydrogens is 388 g/mol. The predicted molar refractivity (Wildman–Crippen MR) is 117 cm³/mol. The maximum atomic E-state index is 12.5. The molecule has 146 valence electrons. The third-order valence-electron chi connectivity index (χ3n) is 4.38. The minimum absolute atomic E-state index is 0.202. The van der Waals surface area contributed by atoms with Crippen LogP contribution in [0.1, 0.15) is 16.1 Å². The van der Waals surface area contributed by atoms with E-state index in [1.54, 1.807) is 65.3 Å².